The zero-order chi connectivity index (χ0) is 23.4. The van der Waals surface area contributed by atoms with Gasteiger partial charge in [0, 0.05) is 30.3 Å². The lowest BCUT2D eigenvalue weighted by Gasteiger charge is -2.17. The van der Waals surface area contributed by atoms with Gasteiger partial charge in [-0.15, -0.1) is 0 Å². The largest absolute Gasteiger partial charge is 0.339 e. The molecule has 1 aliphatic heterocycles. The highest BCUT2D eigenvalue weighted by Crippen LogP contribution is 2.34. The zero-order valence-corrected chi connectivity index (χ0v) is 19.4. The van der Waals surface area contributed by atoms with Crippen molar-refractivity contribution in [2.75, 3.05) is 11.4 Å². The molecule has 1 saturated heterocycles. The summed E-state index contributed by atoms with van der Waals surface area (Å²) in [5, 5.41) is 4.18. The Morgan fingerprint density at radius 1 is 1.03 bits per heavy atom. The number of hydrogen-bond donors (Lipinski definition) is 1. The first-order valence-corrected chi connectivity index (χ1v) is 11.9. The van der Waals surface area contributed by atoms with Gasteiger partial charge in [0.05, 0.1) is 17.0 Å². The van der Waals surface area contributed by atoms with E-state index in [4.69, 9.17) is 4.52 Å². The summed E-state index contributed by atoms with van der Waals surface area (Å²) in [6.45, 7) is 4.62. The van der Waals surface area contributed by atoms with E-state index in [1.54, 1.807) is 4.90 Å². The molecule has 174 valence electrons. The molecule has 0 spiro atoms. The van der Waals surface area contributed by atoms with Crippen molar-refractivity contribution < 1.29 is 9.32 Å². The number of hydrogen-bond acceptors (Lipinski definition) is 5. The molecule has 0 unspecified atom stereocenters. The van der Waals surface area contributed by atoms with Crippen LogP contribution in [0.1, 0.15) is 61.1 Å². The van der Waals surface area contributed by atoms with Crippen LogP contribution in [0.15, 0.2) is 45.7 Å². The average Bonchev–Trinajstić information content (AvgIpc) is 3.60. The van der Waals surface area contributed by atoms with Crippen LogP contribution in [-0.2, 0) is 4.79 Å². The Morgan fingerprint density at radius 3 is 2.65 bits per heavy atom. The van der Waals surface area contributed by atoms with Crippen LogP contribution in [0.4, 0.5) is 5.69 Å². The molecule has 1 atom stereocenters. The molecule has 0 radical (unpaired) electrons. The van der Waals surface area contributed by atoms with Crippen LogP contribution in [0.5, 0.6) is 0 Å². The van der Waals surface area contributed by atoms with E-state index in [-0.39, 0.29) is 23.6 Å². The second kappa shape index (κ2) is 7.97. The Kier molecular flexibility index (Phi) is 4.90. The number of aromatic amines is 1. The lowest BCUT2D eigenvalue weighted by molar-refractivity contribution is -0.117. The Balaban J connectivity index is 1.25. The topological polar surface area (TPSA) is 97.0 Å². The van der Waals surface area contributed by atoms with Gasteiger partial charge in [0.15, 0.2) is 0 Å². The summed E-state index contributed by atoms with van der Waals surface area (Å²) in [6, 6.07) is 12.1. The number of imidazole rings is 1. The van der Waals surface area contributed by atoms with E-state index in [1.807, 2.05) is 47.9 Å². The first kappa shape index (κ1) is 20.9. The van der Waals surface area contributed by atoms with Gasteiger partial charge in [-0.05, 0) is 68.1 Å². The number of carbonyl (C=O) groups is 1. The number of nitrogens with zero attached hydrogens (tertiary/aromatic N) is 4. The normalized spacial score (nSPS) is 19.1. The van der Waals surface area contributed by atoms with Gasteiger partial charge in [-0.25, -0.2) is 4.79 Å². The molecule has 0 bridgehead atoms. The van der Waals surface area contributed by atoms with Gasteiger partial charge in [0.1, 0.15) is 0 Å². The number of anilines is 1. The molecule has 4 aromatic rings. The predicted molar refractivity (Wildman–Crippen MR) is 129 cm³/mol. The highest BCUT2D eigenvalue weighted by atomic mass is 16.5. The maximum atomic E-state index is 12.7. The van der Waals surface area contributed by atoms with Crippen LogP contribution in [0.2, 0.25) is 0 Å². The third-order valence-corrected chi connectivity index (χ3v) is 7.38. The predicted octanol–water partition coefficient (Wildman–Crippen LogP) is 4.63. The fraction of sp³-hybridized carbons (Fsp3) is 0.385. The molecule has 2 aliphatic rings. The summed E-state index contributed by atoms with van der Waals surface area (Å²) in [7, 11) is 0. The maximum Gasteiger partial charge on any atom is 0.326 e. The highest BCUT2D eigenvalue weighted by molar-refractivity contribution is 5.96. The number of nitrogens with one attached hydrogen (secondary N) is 1. The van der Waals surface area contributed by atoms with E-state index in [0.717, 1.165) is 53.5 Å². The Labute approximate surface area is 196 Å². The molecule has 8 nitrogen and oxygen atoms in total. The van der Waals surface area contributed by atoms with Gasteiger partial charge in [0.2, 0.25) is 17.6 Å². The highest BCUT2D eigenvalue weighted by Gasteiger charge is 2.35. The van der Waals surface area contributed by atoms with Gasteiger partial charge in [-0.2, -0.15) is 4.98 Å². The number of aromatic nitrogens is 4. The van der Waals surface area contributed by atoms with Crippen molar-refractivity contribution in [3.8, 4) is 11.4 Å². The van der Waals surface area contributed by atoms with Crippen molar-refractivity contribution in [2.24, 2.45) is 0 Å². The van der Waals surface area contributed by atoms with Crippen molar-refractivity contribution in [3.63, 3.8) is 0 Å². The molecule has 1 aliphatic carbocycles. The quantitative estimate of drug-likeness (QED) is 0.482. The molecular formula is C26H27N5O3. The molecule has 1 N–H and O–H groups in total. The third-order valence-electron chi connectivity index (χ3n) is 7.38. The van der Waals surface area contributed by atoms with E-state index in [1.165, 1.54) is 5.56 Å². The van der Waals surface area contributed by atoms with Crippen LogP contribution in [0.25, 0.3) is 22.4 Å². The number of aryl methyl sites for hydroxylation is 2. The molecule has 2 aromatic heterocycles. The second-order valence-electron chi connectivity index (χ2n) is 9.60. The molecule has 1 saturated carbocycles. The number of rotatable bonds is 4. The summed E-state index contributed by atoms with van der Waals surface area (Å²) < 4.78 is 7.47. The van der Waals surface area contributed by atoms with Gasteiger partial charge < -0.3 is 14.4 Å². The minimum atomic E-state index is -0.151. The average molecular weight is 458 g/mol. The van der Waals surface area contributed by atoms with Gasteiger partial charge in [0.25, 0.3) is 0 Å². The molecule has 1 amide bonds. The van der Waals surface area contributed by atoms with E-state index < -0.39 is 0 Å². The molecule has 3 heterocycles. The smallest absolute Gasteiger partial charge is 0.326 e. The van der Waals surface area contributed by atoms with Crippen LogP contribution >= 0.6 is 0 Å². The Morgan fingerprint density at radius 2 is 1.85 bits per heavy atom. The number of H-pyrrole nitrogens is 1. The van der Waals surface area contributed by atoms with Crippen molar-refractivity contribution in [1.82, 2.24) is 19.7 Å². The molecule has 2 fully saturated rings. The summed E-state index contributed by atoms with van der Waals surface area (Å²) in [4.78, 5) is 34.7. The van der Waals surface area contributed by atoms with Crippen LogP contribution in [0, 0.1) is 13.8 Å². The van der Waals surface area contributed by atoms with E-state index in [2.05, 4.69) is 22.0 Å². The van der Waals surface area contributed by atoms with Crippen LogP contribution < -0.4 is 10.6 Å². The monoisotopic (exact) mass is 457 g/mol. The third kappa shape index (κ3) is 3.45. The van der Waals surface area contributed by atoms with Gasteiger partial charge in [-0.1, -0.05) is 24.1 Å². The lowest BCUT2D eigenvalue weighted by Crippen LogP contribution is -2.24. The first-order valence-electron chi connectivity index (χ1n) is 11.9. The summed E-state index contributed by atoms with van der Waals surface area (Å²) in [5.41, 5.74) is 5.65. The van der Waals surface area contributed by atoms with Crippen LogP contribution in [0.3, 0.4) is 0 Å². The van der Waals surface area contributed by atoms with Crippen molar-refractivity contribution in [3.05, 3.63) is 63.9 Å². The van der Waals surface area contributed by atoms with E-state index in [0.29, 0.717) is 24.7 Å². The summed E-state index contributed by atoms with van der Waals surface area (Å²) in [6.07, 6.45) is 4.76. The fourth-order valence-corrected chi connectivity index (χ4v) is 5.33. The number of carbonyl (C=O) groups excluding carboxylic acids is 1. The van der Waals surface area contributed by atoms with Gasteiger partial charge >= 0.3 is 5.69 Å². The van der Waals surface area contributed by atoms with Crippen LogP contribution in [-0.4, -0.2) is 32.1 Å². The van der Waals surface area contributed by atoms with Crippen molar-refractivity contribution in [1.29, 1.82) is 0 Å². The Bertz CT molecular complexity index is 1460. The van der Waals surface area contributed by atoms with E-state index >= 15 is 0 Å². The molecule has 6 rings (SSSR count). The van der Waals surface area contributed by atoms with E-state index in [9.17, 15) is 9.59 Å². The first-order chi connectivity index (χ1) is 16.5. The Hall–Kier alpha value is -3.68. The molecule has 8 heteroatoms. The molecule has 2 aromatic carbocycles. The maximum absolute atomic E-state index is 12.7. The fourth-order valence-electron chi connectivity index (χ4n) is 5.33. The SMILES string of the molecule is Cc1ccc(N2C[C@H](c3nc(-c4ccc5c(c4)[nH]c(=O)n5C4CCCC4)no3)CC2=O)cc1C. The number of amides is 1. The van der Waals surface area contributed by atoms with Gasteiger partial charge in [-0.3, -0.25) is 9.36 Å². The molecular weight excluding hydrogens is 430 g/mol. The summed E-state index contributed by atoms with van der Waals surface area (Å²) in [5.74, 6) is 0.831. The second-order valence-corrected chi connectivity index (χ2v) is 9.60. The minimum absolute atomic E-state index is 0.0558. The lowest BCUT2D eigenvalue weighted by atomic mass is 10.1. The number of benzene rings is 2. The minimum Gasteiger partial charge on any atom is -0.339 e. The number of fused-ring (bicyclic) bond motifs is 1. The zero-order valence-electron chi connectivity index (χ0n) is 19.4. The van der Waals surface area contributed by atoms with Crippen molar-refractivity contribution >= 4 is 22.6 Å². The standard InChI is InChI=1S/C26H27N5O3/c1-15-7-9-20(11-16(15)2)30-14-18(13-23(30)32)25-28-24(29-34-25)17-8-10-22-21(12-17)27-26(33)31(22)19-5-3-4-6-19/h7-12,18-19H,3-6,13-14H2,1-2H3,(H,27,33)/t18-/m1/s1. The molecule has 34 heavy (non-hydrogen) atoms. The van der Waals surface area contributed by atoms with Crippen molar-refractivity contribution in [2.45, 2.75) is 57.9 Å². The summed E-state index contributed by atoms with van der Waals surface area (Å²) >= 11 is 0.